The molecule has 0 saturated carbocycles. The van der Waals surface area contributed by atoms with Crippen molar-refractivity contribution in [2.45, 2.75) is 39.0 Å². The molecule has 0 fully saturated rings. The SMILES string of the molecule is CCCCOCCCNC(=NC)NCCCc1cccc(F)c1.I. The molecule has 1 aromatic rings. The third kappa shape index (κ3) is 11.6. The quantitative estimate of drug-likeness (QED) is 0.233. The van der Waals surface area contributed by atoms with Crippen molar-refractivity contribution in [3.8, 4) is 0 Å². The van der Waals surface area contributed by atoms with Gasteiger partial charge in [0.2, 0.25) is 0 Å². The van der Waals surface area contributed by atoms with Crippen LogP contribution in [0, 0.1) is 5.82 Å². The molecule has 0 atom stereocenters. The normalized spacial score (nSPS) is 11.0. The highest BCUT2D eigenvalue weighted by atomic mass is 127. The lowest BCUT2D eigenvalue weighted by Gasteiger charge is -2.12. The van der Waals surface area contributed by atoms with E-state index in [0.717, 1.165) is 63.5 Å². The Morgan fingerprint density at radius 1 is 1.12 bits per heavy atom. The first-order chi connectivity index (χ1) is 11.3. The van der Waals surface area contributed by atoms with Crippen molar-refractivity contribution in [3.63, 3.8) is 0 Å². The zero-order valence-corrected chi connectivity index (χ0v) is 17.1. The van der Waals surface area contributed by atoms with E-state index in [9.17, 15) is 4.39 Å². The molecule has 0 heterocycles. The predicted octanol–water partition coefficient (Wildman–Crippen LogP) is 3.75. The average molecular weight is 451 g/mol. The lowest BCUT2D eigenvalue weighted by Crippen LogP contribution is -2.38. The summed E-state index contributed by atoms with van der Waals surface area (Å²) in [6, 6.07) is 6.76. The minimum atomic E-state index is -0.172. The van der Waals surface area contributed by atoms with Gasteiger partial charge in [0.25, 0.3) is 0 Å². The number of nitrogens with one attached hydrogen (secondary N) is 2. The Kier molecular flexibility index (Phi) is 15.0. The van der Waals surface area contributed by atoms with E-state index in [1.807, 2.05) is 6.07 Å². The van der Waals surface area contributed by atoms with E-state index in [0.29, 0.717) is 0 Å². The van der Waals surface area contributed by atoms with E-state index in [1.165, 1.54) is 12.5 Å². The van der Waals surface area contributed by atoms with Gasteiger partial charge in [-0.15, -0.1) is 24.0 Å². The van der Waals surface area contributed by atoms with Crippen molar-refractivity contribution >= 4 is 29.9 Å². The minimum Gasteiger partial charge on any atom is -0.381 e. The highest BCUT2D eigenvalue weighted by Crippen LogP contribution is 2.05. The van der Waals surface area contributed by atoms with Gasteiger partial charge in [-0.3, -0.25) is 4.99 Å². The maximum atomic E-state index is 13.1. The number of nitrogens with zero attached hydrogens (tertiary/aromatic N) is 1. The third-order valence-electron chi connectivity index (χ3n) is 3.45. The Morgan fingerprint density at radius 3 is 2.50 bits per heavy atom. The number of unbranched alkanes of at least 4 members (excludes halogenated alkanes) is 1. The van der Waals surface area contributed by atoms with Crippen LogP contribution in [0.25, 0.3) is 0 Å². The third-order valence-corrected chi connectivity index (χ3v) is 3.45. The van der Waals surface area contributed by atoms with Crippen molar-refractivity contribution in [1.82, 2.24) is 10.6 Å². The van der Waals surface area contributed by atoms with Crippen molar-refractivity contribution in [1.29, 1.82) is 0 Å². The van der Waals surface area contributed by atoms with E-state index in [4.69, 9.17) is 4.74 Å². The molecular weight excluding hydrogens is 420 g/mol. The zero-order chi connectivity index (χ0) is 16.8. The summed E-state index contributed by atoms with van der Waals surface area (Å²) in [5.41, 5.74) is 1.03. The molecule has 0 amide bonds. The molecule has 0 bridgehead atoms. The van der Waals surface area contributed by atoms with Gasteiger partial charge in [-0.1, -0.05) is 25.5 Å². The molecule has 4 nitrogen and oxygen atoms in total. The lowest BCUT2D eigenvalue weighted by molar-refractivity contribution is 0.129. The number of aliphatic imine (C=N–C) groups is 1. The van der Waals surface area contributed by atoms with Crippen molar-refractivity contribution in [2.24, 2.45) is 4.99 Å². The summed E-state index contributed by atoms with van der Waals surface area (Å²) in [5.74, 6) is 0.631. The number of guanidine groups is 1. The fourth-order valence-corrected chi connectivity index (χ4v) is 2.14. The Labute approximate surface area is 162 Å². The first-order valence-electron chi connectivity index (χ1n) is 8.53. The minimum absolute atomic E-state index is 0. The van der Waals surface area contributed by atoms with Crippen LogP contribution < -0.4 is 10.6 Å². The molecular formula is C18H31FIN3O. The molecule has 0 aliphatic carbocycles. The number of rotatable bonds is 11. The van der Waals surface area contributed by atoms with Gasteiger partial charge >= 0.3 is 0 Å². The van der Waals surface area contributed by atoms with Crippen LogP contribution >= 0.6 is 24.0 Å². The highest BCUT2D eigenvalue weighted by Gasteiger charge is 1.98. The molecule has 24 heavy (non-hydrogen) atoms. The van der Waals surface area contributed by atoms with Crippen LogP contribution in [0.3, 0.4) is 0 Å². The number of benzene rings is 1. The van der Waals surface area contributed by atoms with Crippen LogP contribution in [0.1, 0.15) is 38.2 Å². The molecule has 0 aromatic heterocycles. The largest absolute Gasteiger partial charge is 0.381 e. The van der Waals surface area contributed by atoms with Crippen LogP contribution in [-0.2, 0) is 11.2 Å². The number of hydrogen-bond donors (Lipinski definition) is 2. The summed E-state index contributed by atoms with van der Waals surface area (Å²) < 4.78 is 18.6. The Balaban J connectivity index is 0.00000529. The zero-order valence-electron chi connectivity index (χ0n) is 14.8. The first-order valence-corrected chi connectivity index (χ1v) is 8.53. The molecule has 2 N–H and O–H groups in total. The summed E-state index contributed by atoms with van der Waals surface area (Å²) in [7, 11) is 1.76. The van der Waals surface area contributed by atoms with Crippen LogP contribution in [0.4, 0.5) is 4.39 Å². The van der Waals surface area contributed by atoms with Gasteiger partial charge in [-0.25, -0.2) is 4.39 Å². The maximum absolute atomic E-state index is 13.1. The van der Waals surface area contributed by atoms with Crippen LogP contribution in [0.2, 0.25) is 0 Å². The van der Waals surface area contributed by atoms with Gasteiger partial charge in [0.15, 0.2) is 5.96 Å². The number of ether oxygens (including phenoxy) is 1. The number of halogens is 2. The topological polar surface area (TPSA) is 45.6 Å². The summed E-state index contributed by atoms with van der Waals surface area (Å²) in [5, 5.41) is 6.54. The Bertz CT molecular complexity index is 458. The van der Waals surface area contributed by atoms with Gasteiger partial charge in [0.05, 0.1) is 0 Å². The first kappa shape index (κ1) is 23.1. The van der Waals surface area contributed by atoms with E-state index in [1.54, 1.807) is 19.2 Å². The summed E-state index contributed by atoms with van der Waals surface area (Å²) >= 11 is 0. The van der Waals surface area contributed by atoms with Gasteiger partial charge in [-0.05, 0) is 43.4 Å². The fourth-order valence-electron chi connectivity index (χ4n) is 2.14. The Morgan fingerprint density at radius 2 is 1.83 bits per heavy atom. The smallest absolute Gasteiger partial charge is 0.190 e. The summed E-state index contributed by atoms with van der Waals surface area (Å²) in [4.78, 5) is 4.19. The molecule has 0 unspecified atom stereocenters. The Hall–Kier alpha value is -0.890. The second-order valence-electron chi connectivity index (χ2n) is 5.48. The van der Waals surface area contributed by atoms with E-state index >= 15 is 0 Å². The highest BCUT2D eigenvalue weighted by molar-refractivity contribution is 14.0. The fraction of sp³-hybridized carbons (Fsp3) is 0.611. The standard InChI is InChI=1S/C18H30FN3O.HI/c1-3-4-13-23-14-7-12-22-18(20-2)21-11-6-9-16-8-5-10-17(19)15-16;/h5,8,10,15H,3-4,6-7,9,11-14H2,1-2H3,(H2,20,21,22);1H. The number of aryl methyl sites for hydroxylation is 1. The summed E-state index contributed by atoms with van der Waals surface area (Å²) in [6.45, 7) is 5.45. The average Bonchev–Trinajstić information content (AvgIpc) is 2.56. The molecule has 0 saturated heterocycles. The molecule has 0 aliphatic heterocycles. The maximum Gasteiger partial charge on any atom is 0.190 e. The molecule has 6 heteroatoms. The van der Waals surface area contributed by atoms with Crippen molar-refractivity contribution in [2.75, 3.05) is 33.4 Å². The van der Waals surface area contributed by atoms with Crippen molar-refractivity contribution < 1.29 is 9.13 Å². The predicted molar refractivity (Wildman–Crippen MR) is 110 cm³/mol. The van der Waals surface area contributed by atoms with Gasteiger partial charge < -0.3 is 15.4 Å². The number of hydrogen-bond acceptors (Lipinski definition) is 2. The molecule has 1 aromatic carbocycles. The van der Waals surface area contributed by atoms with Crippen LogP contribution in [0.5, 0.6) is 0 Å². The van der Waals surface area contributed by atoms with Gasteiger partial charge in [0.1, 0.15) is 5.82 Å². The molecule has 0 aliphatic rings. The van der Waals surface area contributed by atoms with Gasteiger partial charge in [-0.2, -0.15) is 0 Å². The van der Waals surface area contributed by atoms with E-state index in [2.05, 4.69) is 22.5 Å². The second-order valence-corrected chi connectivity index (χ2v) is 5.48. The van der Waals surface area contributed by atoms with Gasteiger partial charge in [0, 0.05) is 33.4 Å². The van der Waals surface area contributed by atoms with Crippen molar-refractivity contribution in [3.05, 3.63) is 35.6 Å². The summed E-state index contributed by atoms with van der Waals surface area (Å²) in [6.07, 6.45) is 5.05. The molecule has 1 rings (SSSR count). The molecule has 0 radical (unpaired) electrons. The molecule has 0 spiro atoms. The van der Waals surface area contributed by atoms with E-state index in [-0.39, 0.29) is 29.8 Å². The second kappa shape index (κ2) is 15.6. The lowest BCUT2D eigenvalue weighted by atomic mass is 10.1. The van der Waals surface area contributed by atoms with Crippen LogP contribution in [0.15, 0.2) is 29.3 Å². The molecule has 138 valence electrons. The monoisotopic (exact) mass is 451 g/mol. The van der Waals surface area contributed by atoms with E-state index < -0.39 is 0 Å². The van der Waals surface area contributed by atoms with Crippen LogP contribution in [-0.4, -0.2) is 39.3 Å².